The first kappa shape index (κ1) is 12.2. The first-order valence-corrected chi connectivity index (χ1v) is 5.87. The summed E-state index contributed by atoms with van der Waals surface area (Å²) in [4.78, 5) is 0. The van der Waals surface area contributed by atoms with E-state index in [-0.39, 0.29) is 23.3 Å². The van der Waals surface area contributed by atoms with E-state index in [0.29, 0.717) is 5.56 Å². The van der Waals surface area contributed by atoms with Crippen molar-refractivity contribution >= 4 is 11.7 Å². The molecule has 2 aromatic carbocycles. The Balaban J connectivity index is 1.84. The molecule has 0 aliphatic carbocycles. The molecule has 20 heavy (non-hydrogen) atoms. The highest BCUT2D eigenvalue weighted by molar-refractivity contribution is 5.57. The van der Waals surface area contributed by atoms with Crippen molar-refractivity contribution < 1.29 is 13.9 Å². The molecule has 0 aliphatic rings. The number of phenolic OH excluding ortho intramolecular Hbond substituents is 1. The Bertz CT molecular complexity index is 725. The Morgan fingerprint density at radius 1 is 1.00 bits per heavy atom. The molecule has 0 atom stereocenters. The van der Waals surface area contributed by atoms with Gasteiger partial charge in [0, 0.05) is 5.56 Å². The van der Waals surface area contributed by atoms with Crippen molar-refractivity contribution in [3.63, 3.8) is 0 Å². The largest absolute Gasteiger partial charge is 0.508 e. The zero-order chi connectivity index (χ0) is 13.9. The lowest BCUT2D eigenvalue weighted by Gasteiger charge is -2.01. The van der Waals surface area contributed by atoms with E-state index < -0.39 is 5.82 Å². The second-order valence-corrected chi connectivity index (χ2v) is 4.06. The van der Waals surface area contributed by atoms with Crippen LogP contribution in [0.15, 0.2) is 52.9 Å². The minimum absolute atomic E-state index is 0.0955. The molecular weight excluding hydrogens is 261 g/mol. The van der Waals surface area contributed by atoms with E-state index in [1.165, 1.54) is 18.2 Å². The number of nitrogens with zero attached hydrogens (tertiary/aromatic N) is 2. The van der Waals surface area contributed by atoms with Gasteiger partial charge in [0.1, 0.15) is 11.6 Å². The van der Waals surface area contributed by atoms with Gasteiger partial charge in [-0.3, -0.25) is 0 Å². The number of benzene rings is 2. The van der Waals surface area contributed by atoms with Crippen LogP contribution in [0.25, 0.3) is 11.5 Å². The maximum absolute atomic E-state index is 13.5. The molecule has 0 aliphatic heterocycles. The summed E-state index contributed by atoms with van der Waals surface area (Å²) in [6, 6.07) is 12.6. The van der Waals surface area contributed by atoms with Crippen molar-refractivity contribution in [2.24, 2.45) is 0 Å². The van der Waals surface area contributed by atoms with Crippen molar-refractivity contribution in [2.45, 2.75) is 0 Å². The molecule has 6 heteroatoms. The Hall–Kier alpha value is -2.89. The minimum atomic E-state index is -0.406. The van der Waals surface area contributed by atoms with Gasteiger partial charge in [-0.25, -0.2) is 4.39 Å². The molecule has 0 radical (unpaired) electrons. The third kappa shape index (κ3) is 2.44. The second-order valence-electron chi connectivity index (χ2n) is 4.06. The first-order chi connectivity index (χ1) is 9.72. The zero-order valence-corrected chi connectivity index (χ0v) is 10.2. The van der Waals surface area contributed by atoms with E-state index in [9.17, 15) is 9.50 Å². The average Bonchev–Trinajstić information content (AvgIpc) is 2.91. The monoisotopic (exact) mass is 271 g/mol. The van der Waals surface area contributed by atoms with Gasteiger partial charge in [0.05, 0.1) is 5.69 Å². The zero-order valence-electron chi connectivity index (χ0n) is 10.2. The molecular formula is C14H10FN3O2. The van der Waals surface area contributed by atoms with E-state index in [1.54, 1.807) is 30.3 Å². The Morgan fingerprint density at radius 3 is 2.50 bits per heavy atom. The van der Waals surface area contributed by atoms with Crippen LogP contribution in [0.3, 0.4) is 0 Å². The van der Waals surface area contributed by atoms with Crippen LogP contribution in [0, 0.1) is 5.82 Å². The Kier molecular flexibility index (Phi) is 3.04. The highest BCUT2D eigenvalue weighted by atomic mass is 19.1. The van der Waals surface area contributed by atoms with Crippen molar-refractivity contribution in [1.29, 1.82) is 0 Å². The maximum atomic E-state index is 13.5. The number of phenols is 1. The number of hydrogen-bond donors (Lipinski definition) is 2. The van der Waals surface area contributed by atoms with Gasteiger partial charge in [-0.1, -0.05) is 17.2 Å². The van der Waals surface area contributed by atoms with Crippen LogP contribution in [0.2, 0.25) is 0 Å². The summed E-state index contributed by atoms with van der Waals surface area (Å²) in [5, 5.41) is 19.6. The van der Waals surface area contributed by atoms with Crippen molar-refractivity contribution in [1.82, 2.24) is 10.2 Å². The molecule has 0 spiro atoms. The fourth-order valence-electron chi connectivity index (χ4n) is 1.67. The summed E-state index contributed by atoms with van der Waals surface area (Å²) in [7, 11) is 0. The molecule has 0 unspecified atom stereocenters. The van der Waals surface area contributed by atoms with Gasteiger partial charge in [-0.15, -0.1) is 5.10 Å². The van der Waals surface area contributed by atoms with Gasteiger partial charge in [-0.05, 0) is 36.4 Å². The SMILES string of the molecule is Oc1ccc(-c2nnc(Nc3ccccc3F)o2)cc1. The normalized spacial score (nSPS) is 10.4. The molecule has 0 fully saturated rings. The average molecular weight is 271 g/mol. The number of halogens is 1. The molecule has 5 nitrogen and oxygen atoms in total. The summed E-state index contributed by atoms with van der Waals surface area (Å²) in [5.41, 5.74) is 0.922. The third-order valence-corrected chi connectivity index (χ3v) is 2.65. The van der Waals surface area contributed by atoms with Gasteiger partial charge < -0.3 is 14.8 Å². The van der Waals surface area contributed by atoms with Gasteiger partial charge in [-0.2, -0.15) is 0 Å². The van der Waals surface area contributed by atoms with Gasteiger partial charge in [0.15, 0.2) is 0 Å². The molecule has 3 aromatic rings. The van der Waals surface area contributed by atoms with Gasteiger partial charge in [0.2, 0.25) is 5.89 Å². The summed E-state index contributed by atoms with van der Waals surface area (Å²) in [6.07, 6.45) is 0. The number of anilines is 2. The maximum Gasteiger partial charge on any atom is 0.320 e. The molecule has 0 saturated heterocycles. The number of hydrogen-bond acceptors (Lipinski definition) is 5. The van der Waals surface area contributed by atoms with Crippen LogP contribution in [-0.2, 0) is 0 Å². The molecule has 100 valence electrons. The molecule has 1 aromatic heterocycles. The number of para-hydroxylation sites is 1. The topological polar surface area (TPSA) is 71.2 Å². The van der Waals surface area contributed by atoms with Crippen LogP contribution in [0.4, 0.5) is 16.1 Å². The number of nitrogens with one attached hydrogen (secondary N) is 1. The van der Waals surface area contributed by atoms with E-state index in [1.807, 2.05) is 0 Å². The predicted molar refractivity (Wildman–Crippen MR) is 71.1 cm³/mol. The fraction of sp³-hybridized carbons (Fsp3) is 0. The molecule has 3 rings (SSSR count). The van der Waals surface area contributed by atoms with Gasteiger partial charge in [0.25, 0.3) is 0 Å². The summed E-state index contributed by atoms with van der Waals surface area (Å²) in [5.74, 6) is 0.0266. The highest BCUT2D eigenvalue weighted by Gasteiger charge is 2.10. The minimum Gasteiger partial charge on any atom is -0.508 e. The van der Waals surface area contributed by atoms with Crippen LogP contribution in [-0.4, -0.2) is 15.3 Å². The number of aromatic nitrogens is 2. The molecule has 2 N–H and O–H groups in total. The van der Waals surface area contributed by atoms with Crippen molar-refractivity contribution in [2.75, 3.05) is 5.32 Å². The number of rotatable bonds is 3. The first-order valence-electron chi connectivity index (χ1n) is 5.87. The van der Waals surface area contributed by atoms with E-state index >= 15 is 0 Å². The van der Waals surface area contributed by atoms with Crippen molar-refractivity contribution in [3.05, 3.63) is 54.3 Å². The lowest BCUT2D eigenvalue weighted by Crippen LogP contribution is -1.93. The highest BCUT2D eigenvalue weighted by Crippen LogP contribution is 2.24. The van der Waals surface area contributed by atoms with Crippen LogP contribution in [0.5, 0.6) is 5.75 Å². The smallest absolute Gasteiger partial charge is 0.320 e. The Labute approximate surface area is 113 Å². The molecule has 0 saturated carbocycles. The lowest BCUT2D eigenvalue weighted by molar-refractivity contribution is 0.475. The lowest BCUT2D eigenvalue weighted by atomic mass is 10.2. The third-order valence-electron chi connectivity index (χ3n) is 2.65. The van der Waals surface area contributed by atoms with E-state index in [2.05, 4.69) is 15.5 Å². The van der Waals surface area contributed by atoms with Crippen LogP contribution in [0.1, 0.15) is 0 Å². The van der Waals surface area contributed by atoms with Crippen molar-refractivity contribution in [3.8, 4) is 17.2 Å². The second kappa shape index (κ2) is 5.00. The van der Waals surface area contributed by atoms with Gasteiger partial charge >= 0.3 is 6.01 Å². The van der Waals surface area contributed by atoms with E-state index in [4.69, 9.17) is 4.42 Å². The standard InChI is InChI=1S/C14H10FN3O2/c15-11-3-1-2-4-12(11)16-14-18-17-13(20-14)9-5-7-10(19)8-6-9/h1-8,19H,(H,16,18). The summed E-state index contributed by atoms with van der Waals surface area (Å²) >= 11 is 0. The molecule has 0 amide bonds. The Morgan fingerprint density at radius 2 is 1.75 bits per heavy atom. The quantitative estimate of drug-likeness (QED) is 0.764. The van der Waals surface area contributed by atoms with Crippen LogP contribution < -0.4 is 5.32 Å². The fourth-order valence-corrected chi connectivity index (χ4v) is 1.67. The predicted octanol–water partition coefficient (Wildman–Crippen LogP) is 3.32. The van der Waals surface area contributed by atoms with Crippen LogP contribution >= 0.6 is 0 Å². The van der Waals surface area contributed by atoms with E-state index in [0.717, 1.165) is 0 Å². The summed E-state index contributed by atoms with van der Waals surface area (Å²) < 4.78 is 18.9. The number of aromatic hydroxyl groups is 1. The molecule has 1 heterocycles. The summed E-state index contributed by atoms with van der Waals surface area (Å²) in [6.45, 7) is 0. The molecule has 0 bridgehead atoms.